The molecule has 2 fully saturated rings. The standard InChI is InChI=1S/C30H29F6N5O2S/c1-4-24(42)40-15(2)9-39(10-16(40)3)28-21-8-22(30(34,35)36)25(20-6-5-17(31)7-23(20)33)27-26(21)41(29(43)37-28)19(14-44-27)13-38-11-18(32)12-38/h4-8,15-16,18-19H,1,9-14H2,2-3H3/t15-,16+,19?. The molecule has 2 aromatic carbocycles. The minimum atomic E-state index is -4.94. The van der Waals surface area contributed by atoms with Gasteiger partial charge in [-0.3, -0.25) is 14.3 Å². The van der Waals surface area contributed by atoms with Crippen molar-refractivity contribution < 1.29 is 31.1 Å². The van der Waals surface area contributed by atoms with Crippen LogP contribution in [-0.2, 0) is 11.0 Å². The molecule has 4 heterocycles. The van der Waals surface area contributed by atoms with Gasteiger partial charge in [0.15, 0.2) is 0 Å². The fraction of sp³-hybridized carbons (Fsp3) is 0.433. The van der Waals surface area contributed by atoms with Crippen molar-refractivity contribution in [2.45, 2.75) is 49.2 Å². The molecule has 3 aromatic rings. The molecule has 1 unspecified atom stereocenters. The fourth-order valence-electron chi connectivity index (χ4n) is 6.64. The van der Waals surface area contributed by atoms with E-state index in [0.717, 1.165) is 30.0 Å². The summed E-state index contributed by atoms with van der Waals surface area (Å²) in [6, 6.07) is 1.96. The summed E-state index contributed by atoms with van der Waals surface area (Å²) in [6.07, 6.45) is -4.74. The van der Waals surface area contributed by atoms with Gasteiger partial charge in [-0.1, -0.05) is 6.58 Å². The molecule has 0 spiro atoms. The van der Waals surface area contributed by atoms with Crippen molar-refractivity contribution in [3.05, 3.63) is 64.6 Å². The SMILES string of the molecule is C=CC(=O)N1[C@H](C)CN(c2nc(=O)n3c4c(c(-c5ccc(F)cc5F)c(C(F)(F)F)cc24)SCC3CN2CC(F)C2)C[C@@H]1C. The summed E-state index contributed by atoms with van der Waals surface area (Å²) in [5.74, 6) is -2.22. The molecule has 0 N–H and O–H groups in total. The van der Waals surface area contributed by atoms with Crippen LogP contribution in [0.15, 0.2) is 46.6 Å². The van der Waals surface area contributed by atoms with Crippen LogP contribution in [-0.4, -0.2) is 82.0 Å². The number of thioether (sulfide) groups is 1. The first-order chi connectivity index (χ1) is 20.8. The number of amides is 1. The normalized spacial score (nSPS) is 22.8. The lowest BCUT2D eigenvalue weighted by molar-refractivity contribution is -0.137. The van der Waals surface area contributed by atoms with Crippen molar-refractivity contribution in [3.8, 4) is 11.1 Å². The van der Waals surface area contributed by atoms with Gasteiger partial charge in [0.05, 0.1) is 17.1 Å². The van der Waals surface area contributed by atoms with E-state index in [1.807, 2.05) is 4.90 Å². The van der Waals surface area contributed by atoms with Crippen LogP contribution in [0.5, 0.6) is 0 Å². The molecule has 1 aromatic heterocycles. The number of halogens is 6. The molecule has 0 radical (unpaired) electrons. The lowest BCUT2D eigenvalue weighted by Crippen LogP contribution is -2.59. The topological polar surface area (TPSA) is 61.7 Å². The van der Waals surface area contributed by atoms with Gasteiger partial charge in [-0.25, -0.2) is 18.0 Å². The van der Waals surface area contributed by atoms with E-state index in [9.17, 15) is 31.5 Å². The number of hydrogen-bond donors (Lipinski definition) is 0. The van der Waals surface area contributed by atoms with E-state index in [0.29, 0.717) is 6.07 Å². The van der Waals surface area contributed by atoms with E-state index in [2.05, 4.69) is 11.6 Å². The Hall–Kier alpha value is -3.52. The number of piperazine rings is 1. The molecule has 14 heteroatoms. The van der Waals surface area contributed by atoms with Crippen molar-refractivity contribution in [3.63, 3.8) is 0 Å². The highest BCUT2D eigenvalue weighted by molar-refractivity contribution is 7.99. The van der Waals surface area contributed by atoms with Crippen molar-refractivity contribution in [1.29, 1.82) is 0 Å². The van der Waals surface area contributed by atoms with Crippen LogP contribution >= 0.6 is 11.8 Å². The molecule has 234 valence electrons. The lowest BCUT2D eigenvalue weighted by atomic mass is 9.95. The molecule has 7 nitrogen and oxygen atoms in total. The minimum Gasteiger partial charge on any atom is -0.352 e. The van der Waals surface area contributed by atoms with Gasteiger partial charge in [-0.05, 0) is 38.1 Å². The molecule has 0 bridgehead atoms. The van der Waals surface area contributed by atoms with E-state index in [4.69, 9.17) is 0 Å². The van der Waals surface area contributed by atoms with Gasteiger partial charge in [0, 0.05) is 78.0 Å². The second-order valence-corrected chi connectivity index (χ2v) is 12.6. The number of aromatic nitrogens is 2. The Kier molecular flexibility index (Phi) is 7.71. The van der Waals surface area contributed by atoms with E-state index in [1.54, 1.807) is 23.6 Å². The summed E-state index contributed by atoms with van der Waals surface area (Å²) in [6.45, 7) is 8.13. The number of nitrogens with zero attached hydrogens (tertiary/aromatic N) is 5. The Bertz CT molecular complexity index is 1710. The molecule has 0 saturated carbocycles. The molecular weight excluding hydrogens is 608 g/mol. The van der Waals surface area contributed by atoms with Gasteiger partial charge >= 0.3 is 11.9 Å². The molecule has 2 saturated heterocycles. The van der Waals surface area contributed by atoms with Gasteiger partial charge in [-0.2, -0.15) is 18.2 Å². The van der Waals surface area contributed by atoms with Gasteiger partial charge in [0.2, 0.25) is 5.91 Å². The van der Waals surface area contributed by atoms with Gasteiger partial charge in [0.25, 0.3) is 0 Å². The summed E-state index contributed by atoms with van der Waals surface area (Å²) in [4.78, 5) is 35.8. The maximum atomic E-state index is 15.2. The summed E-state index contributed by atoms with van der Waals surface area (Å²) in [7, 11) is 0. The Labute approximate surface area is 253 Å². The number of rotatable bonds is 5. The Morgan fingerprint density at radius 3 is 2.39 bits per heavy atom. The number of hydrogen-bond acceptors (Lipinski definition) is 6. The fourth-order valence-corrected chi connectivity index (χ4v) is 7.96. The lowest BCUT2D eigenvalue weighted by Gasteiger charge is -2.45. The van der Waals surface area contributed by atoms with E-state index < -0.39 is 52.4 Å². The van der Waals surface area contributed by atoms with Crippen LogP contribution in [0.2, 0.25) is 0 Å². The van der Waals surface area contributed by atoms with Crippen LogP contribution in [0.4, 0.5) is 32.2 Å². The number of benzene rings is 2. The van der Waals surface area contributed by atoms with Crippen molar-refractivity contribution >= 4 is 34.4 Å². The molecule has 3 atom stereocenters. The zero-order chi connectivity index (χ0) is 31.7. The van der Waals surface area contributed by atoms with Crippen molar-refractivity contribution in [2.75, 3.05) is 43.4 Å². The summed E-state index contributed by atoms with van der Waals surface area (Å²) in [5, 5.41) is 0.0465. The molecule has 44 heavy (non-hydrogen) atoms. The van der Waals surface area contributed by atoms with Gasteiger partial charge < -0.3 is 9.80 Å². The van der Waals surface area contributed by atoms with Crippen molar-refractivity contribution in [1.82, 2.24) is 19.4 Å². The van der Waals surface area contributed by atoms with Gasteiger partial charge in [0.1, 0.15) is 23.6 Å². The second kappa shape index (κ2) is 11.1. The molecular formula is C30H29F6N5O2S. The minimum absolute atomic E-state index is 0.0255. The highest BCUT2D eigenvalue weighted by Crippen LogP contribution is 2.50. The number of anilines is 1. The highest BCUT2D eigenvalue weighted by atomic mass is 32.2. The highest BCUT2D eigenvalue weighted by Gasteiger charge is 2.41. The van der Waals surface area contributed by atoms with E-state index in [1.165, 1.54) is 10.6 Å². The third-order valence-corrected chi connectivity index (χ3v) is 9.70. The average Bonchev–Trinajstić information content (AvgIpc) is 2.93. The monoisotopic (exact) mass is 637 g/mol. The van der Waals surface area contributed by atoms with Crippen molar-refractivity contribution in [2.24, 2.45) is 0 Å². The number of carbonyl (C=O) groups is 1. The quantitative estimate of drug-likeness (QED) is 0.281. The summed E-state index contributed by atoms with van der Waals surface area (Å²) < 4.78 is 88.4. The summed E-state index contributed by atoms with van der Waals surface area (Å²) >= 11 is 1.05. The maximum Gasteiger partial charge on any atom is 0.417 e. The zero-order valence-electron chi connectivity index (χ0n) is 23.9. The third kappa shape index (κ3) is 5.15. The predicted octanol–water partition coefficient (Wildman–Crippen LogP) is 5.27. The first-order valence-electron chi connectivity index (χ1n) is 14.1. The number of alkyl halides is 4. The Balaban J connectivity index is 1.61. The van der Waals surface area contributed by atoms with Crippen LogP contribution in [0.3, 0.4) is 0 Å². The Morgan fingerprint density at radius 1 is 1.11 bits per heavy atom. The summed E-state index contributed by atoms with van der Waals surface area (Å²) in [5.41, 5.74) is -2.61. The zero-order valence-corrected chi connectivity index (χ0v) is 24.7. The first-order valence-corrected chi connectivity index (χ1v) is 15.1. The van der Waals surface area contributed by atoms with Crippen LogP contribution in [0.25, 0.3) is 22.0 Å². The molecule has 3 aliphatic heterocycles. The van der Waals surface area contributed by atoms with Crippen LogP contribution in [0, 0.1) is 11.6 Å². The predicted molar refractivity (Wildman–Crippen MR) is 156 cm³/mol. The average molecular weight is 638 g/mol. The van der Waals surface area contributed by atoms with E-state index in [-0.39, 0.29) is 78.1 Å². The van der Waals surface area contributed by atoms with E-state index >= 15 is 4.39 Å². The first kappa shape index (κ1) is 30.5. The number of likely N-dealkylation sites (tertiary alicyclic amines) is 1. The molecule has 0 aliphatic carbocycles. The Morgan fingerprint density at radius 2 is 1.80 bits per heavy atom. The smallest absolute Gasteiger partial charge is 0.352 e. The van der Waals surface area contributed by atoms with Gasteiger partial charge in [-0.15, -0.1) is 11.8 Å². The number of carbonyl (C=O) groups excluding carboxylic acids is 1. The molecule has 3 aliphatic rings. The second-order valence-electron chi connectivity index (χ2n) is 11.6. The molecule has 1 amide bonds. The van der Waals surface area contributed by atoms with Crippen LogP contribution < -0.4 is 10.6 Å². The molecule has 6 rings (SSSR count). The van der Waals surface area contributed by atoms with Crippen LogP contribution in [0.1, 0.15) is 25.5 Å². The maximum absolute atomic E-state index is 15.2. The third-order valence-electron chi connectivity index (χ3n) is 8.46. The largest absolute Gasteiger partial charge is 0.417 e.